The van der Waals surface area contributed by atoms with Crippen LogP contribution in [0.2, 0.25) is 0 Å². The first-order valence-corrected chi connectivity index (χ1v) is 10.0. The molecule has 0 atom stereocenters. The van der Waals surface area contributed by atoms with Crippen molar-refractivity contribution in [1.82, 2.24) is 20.5 Å². The van der Waals surface area contributed by atoms with Gasteiger partial charge in [0.1, 0.15) is 11.6 Å². The van der Waals surface area contributed by atoms with Gasteiger partial charge in [0.15, 0.2) is 22.5 Å². The van der Waals surface area contributed by atoms with E-state index >= 15 is 0 Å². The van der Waals surface area contributed by atoms with Gasteiger partial charge in [-0.05, 0) is 25.0 Å². The maximum atomic E-state index is 12.6. The van der Waals surface area contributed by atoms with Gasteiger partial charge in [-0.3, -0.25) is 9.59 Å². The van der Waals surface area contributed by atoms with E-state index in [1.165, 1.54) is 12.3 Å². The van der Waals surface area contributed by atoms with Gasteiger partial charge in [0.2, 0.25) is 0 Å². The van der Waals surface area contributed by atoms with E-state index in [-0.39, 0.29) is 45.7 Å². The number of nitrogens with one attached hydrogen (secondary N) is 2. The van der Waals surface area contributed by atoms with Crippen LogP contribution in [-0.2, 0) is 4.79 Å². The highest BCUT2D eigenvalue weighted by Gasteiger charge is 2.41. The standard InChI is InChI=1S/C19H24ClN9O3/c1-10(21)14(20)26-13(15(22)23)16(31)27-18-25-9-19(28-18)4-7-29(8-5-19)17(32)12-11(30)3-2-6-24-12/h2-3,6,30H,1,4-5,7-9,21-23H2,(H2,25,27,28,31)/b26-14+. The highest BCUT2D eigenvalue weighted by atomic mass is 35.5. The van der Waals surface area contributed by atoms with E-state index in [0.717, 1.165) is 0 Å². The molecule has 170 valence electrons. The minimum Gasteiger partial charge on any atom is -0.505 e. The van der Waals surface area contributed by atoms with E-state index < -0.39 is 11.4 Å². The number of hydrogen-bond acceptors (Lipinski definition) is 8. The first kappa shape index (κ1) is 22.9. The van der Waals surface area contributed by atoms with E-state index in [9.17, 15) is 14.7 Å². The lowest BCUT2D eigenvalue weighted by Crippen LogP contribution is -2.53. The Labute approximate surface area is 188 Å². The number of allylic oxidation sites excluding steroid dienone is 1. The second-order valence-corrected chi connectivity index (χ2v) is 7.78. The van der Waals surface area contributed by atoms with Gasteiger partial charge in [0.25, 0.3) is 5.91 Å². The summed E-state index contributed by atoms with van der Waals surface area (Å²) in [7, 11) is 0. The van der Waals surface area contributed by atoms with Crippen LogP contribution in [-0.4, -0.2) is 63.1 Å². The van der Waals surface area contributed by atoms with Crippen LogP contribution in [0, 0.1) is 0 Å². The third-order valence-electron chi connectivity index (χ3n) is 5.14. The number of aromatic nitrogens is 1. The van der Waals surface area contributed by atoms with E-state index in [1.807, 2.05) is 0 Å². The zero-order chi connectivity index (χ0) is 23.5. The molecular weight excluding hydrogens is 438 g/mol. The molecule has 0 saturated carbocycles. The summed E-state index contributed by atoms with van der Waals surface area (Å²) in [5, 5.41) is 15.9. The average Bonchev–Trinajstić information content (AvgIpc) is 3.13. The fourth-order valence-electron chi connectivity index (χ4n) is 3.37. The second-order valence-electron chi connectivity index (χ2n) is 7.42. The van der Waals surface area contributed by atoms with Gasteiger partial charge in [-0.1, -0.05) is 18.2 Å². The van der Waals surface area contributed by atoms with E-state index in [4.69, 9.17) is 28.8 Å². The summed E-state index contributed by atoms with van der Waals surface area (Å²) in [6.45, 7) is 4.79. The lowest BCUT2D eigenvalue weighted by molar-refractivity contribution is -0.114. The summed E-state index contributed by atoms with van der Waals surface area (Å²) in [4.78, 5) is 38.5. The molecule has 12 nitrogen and oxygen atoms in total. The molecule has 1 aromatic rings. The quantitative estimate of drug-likeness (QED) is 0.241. The van der Waals surface area contributed by atoms with E-state index in [0.29, 0.717) is 32.5 Å². The Morgan fingerprint density at radius 1 is 1.28 bits per heavy atom. The largest absolute Gasteiger partial charge is 0.505 e. The third kappa shape index (κ3) is 4.91. The van der Waals surface area contributed by atoms with Gasteiger partial charge in [-0.15, -0.1) is 0 Å². The Balaban J connectivity index is 1.66. The molecule has 1 aromatic heterocycles. The molecule has 3 rings (SSSR count). The minimum atomic E-state index is -0.810. The number of carbonyl (C=O) groups is 2. The number of rotatable bonds is 4. The molecule has 2 aliphatic heterocycles. The SMILES string of the molecule is C=C(N)/C(Cl)=N\C(C(=O)/N=C1\NCC2(CCN(C(=O)c3ncccc3O)CC2)N1)=C(N)N. The number of amides is 2. The van der Waals surface area contributed by atoms with Gasteiger partial charge >= 0.3 is 5.91 Å². The number of carbonyl (C=O) groups excluding carboxylic acids is 2. The molecule has 0 radical (unpaired) electrons. The Kier molecular flexibility index (Phi) is 6.53. The number of piperidine rings is 1. The van der Waals surface area contributed by atoms with Gasteiger partial charge in [0, 0.05) is 25.8 Å². The monoisotopic (exact) mass is 461 g/mol. The molecule has 1 spiro atoms. The predicted molar refractivity (Wildman–Crippen MR) is 119 cm³/mol. The maximum absolute atomic E-state index is 12.6. The number of likely N-dealkylation sites (tertiary alicyclic amines) is 1. The number of aliphatic imine (C=N–C) groups is 2. The fraction of sp³-hybridized carbons (Fsp3) is 0.316. The second kappa shape index (κ2) is 9.14. The number of nitrogens with zero attached hydrogens (tertiary/aromatic N) is 4. The summed E-state index contributed by atoms with van der Waals surface area (Å²) in [6.07, 6.45) is 2.63. The van der Waals surface area contributed by atoms with Crippen LogP contribution >= 0.6 is 11.6 Å². The first-order chi connectivity index (χ1) is 15.1. The molecule has 0 aromatic carbocycles. The van der Waals surface area contributed by atoms with Crippen molar-refractivity contribution in [2.24, 2.45) is 27.2 Å². The maximum Gasteiger partial charge on any atom is 0.302 e. The minimum absolute atomic E-state index is 0.0203. The zero-order valence-electron chi connectivity index (χ0n) is 17.1. The highest BCUT2D eigenvalue weighted by molar-refractivity contribution is 6.69. The Morgan fingerprint density at radius 3 is 2.56 bits per heavy atom. The molecule has 2 saturated heterocycles. The van der Waals surface area contributed by atoms with Crippen molar-refractivity contribution in [2.45, 2.75) is 18.4 Å². The van der Waals surface area contributed by atoms with Crippen LogP contribution < -0.4 is 27.8 Å². The molecule has 0 aliphatic carbocycles. The number of aromatic hydroxyl groups is 1. The van der Waals surface area contributed by atoms with Crippen molar-refractivity contribution in [3.63, 3.8) is 0 Å². The topological polar surface area (TPSA) is 197 Å². The zero-order valence-corrected chi connectivity index (χ0v) is 17.9. The predicted octanol–water partition coefficient (Wildman–Crippen LogP) is -0.966. The molecule has 2 amide bonds. The van der Waals surface area contributed by atoms with Crippen molar-refractivity contribution >= 4 is 34.5 Å². The summed E-state index contributed by atoms with van der Waals surface area (Å²) in [6, 6.07) is 2.98. The fourth-order valence-corrected chi connectivity index (χ4v) is 3.46. The molecule has 3 heterocycles. The van der Waals surface area contributed by atoms with Crippen molar-refractivity contribution in [1.29, 1.82) is 0 Å². The van der Waals surface area contributed by atoms with Crippen LogP contribution in [0.4, 0.5) is 0 Å². The molecule has 0 unspecified atom stereocenters. The summed E-state index contributed by atoms with van der Waals surface area (Å²) in [5.41, 5.74) is 15.7. The Hall–Kier alpha value is -3.80. The van der Waals surface area contributed by atoms with E-state index in [2.05, 4.69) is 32.2 Å². The highest BCUT2D eigenvalue weighted by Crippen LogP contribution is 2.26. The summed E-state index contributed by atoms with van der Waals surface area (Å²) < 4.78 is 0. The molecule has 2 fully saturated rings. The Morgan fingerprint density at radius 2 is 1.97 bits per heavy atom. The Bertz CT molecular complexity index is 1040. The molecule has 32 heavy (non-hydrogen) atoms. The van der Waals surface area contributed by atoms with Gasteiger partial charge in [-0.25, -0.2) is 9.98 Å². The summed E-state index contributed by atoms with van der Waals surface area (Å²) in [5.74, 6) is -1.44. The lowest BCUT2D eigenvalue weighted by Gasteiger charge is -2.38. The third-order valence-corrected chi connectivity index (χ3v) is 5.47. The van der Waals surface area contributed by atoms with Crippen LogP contribution in [0.1, 0.15) is 23.3 Å². The van der Waals surface area contributed by atoms with Crippen molar-refractivity contribution in [3.8, 4) is 5.75 Å². The van der Waals surface area contributed by atoms with Crippen LogP contribution in [0.15, 0.2) is 52.1 Å². The molecule has 0 bridgehead atoms. The van der Waals surface area contributed by atoms with Gasteiger partial charge in [0.05, 0.1) is 11.2 Å². The number of guanidine groups is 1. The van der Waals surface area contributed by atoms with E-state index in [1.54, 1.807) is 11.0 Å². The van der Waals surface area contributed by atoms with Crippen LogP contribution in [0.5, 0.6) is 5.75 Å². The first-order valence-electron chi connectivity index (χ1n) is 9.64. The number of halogens is 1. The summed E-state index contributed by atoms with van der Waals surface area (Å²) >= 11 is 5.82. The normalized spacial score (nSPS) is 18.7. The van der Waals surface area contributed by atoms with Crippen molar-refractivity contribution < 1.29 is 14.7 Å². The van der Waals surface area contributed by atoms with Crippen LogP contribution in [0.25, 0.3) is 0 Å². The van der Waals surface area contributed by atoms with Crippen LogP contribution in [0.3, 0.4) is 0 Å². The molecular formula is C19H24ClN9O3. The number of nitrogens with two attached hydrogens (primary N) is 3. The lowest BCUT2D eigenvalue weighted by atomic mass is 9.88. The smallest absolute Gasteiger partial charge is 0.302 e. The molecule has 9 N–H and O–H groups in total. The molecule has 2 aliphatic rings. The van der Waals surface area contributed by atoms with Crippen molar-refractivity contribution in [2.75, 3.05) is 19.6 Å². The number of hydrogen-bond donors (Lipinski definition) is 6. The van der Waals surface area contributed by atoms with Gasteiger partial charge in [-0.2, -0.15) is 4.99 Å². The number of pyridine rings is 1. The van der Waals surface area contributed by atoms with Crippen molar-refractivity contribution in [3.05, 3.63) is 47.8 Å². The average molecular weight is 462 g/mol. The molecule has 13 heteroatoms. The van der Waals surface area contributed by atoms with Gasteiger partial charge < -0.3 is 37.8 Å².